The molecule has 0 saturated heterocycles. The highest BCUT2D eigenvalue weighted by Gasteiger charge is 2.18. The van der Waals surface area contributed by atoms with Crippen LogP contribution < -0.4 is 24.7 Å². The smallest absolute Gasteiger partial charge is 0.282 e. The molecule has 0 amide bonds. The average Bonchev–Trinajstić information content (AvgIpc) is 2.78. The Kier molecular flexibility index (Phi) is 7.57. The minimum Gasteiger partial charge on any atom is -0.493 e. The first-order valence-electron chi connectivity index (χ1n) is 10.2. The van der Waals surface area contributed by atoms with Crippen molar-refractivity contribution in [2.75, 3.05) is 46.4 Å². The van der Waals surface area contributed by atoms with Gasteiger partial charge in [0.15, 0.2) is 11.5 Å². The number of sulfonamides is 1. The van der Waals surface area contributed by atoms with Crippen molar-refractivity contribution in [3.05, 3.63) is 51.8 Å². The Balaban J connectivity index is 1.91. The van der Waals surface area contributed by atoms with Gasteiger partial charge in [0.25, 0.3) is 5.56 Å². The number of H-pyrrole nitrogens is 1. The van der Waals surface area contributed by atoms with Crippen molar-refractivity contribution >= 4 is 26.9 Å². The number of rotatable bonds is 10. The molecule has 10 nitrogen and oxygen atoms in total. The van der Waals surface area contributed by atoms with Crippen LogP contribution in [0.15, 0.2) is 40.0 Å². The van der Waals surface area contributed by atoms with E-state index in [0.29, 0.717) is 40.5 Å². The summed E-state index contributed by atoms with van der Waals surface area (Å²) in [5.74, 6) is 1.32. The number of aromatic amines is 1. The van der Waals surface area contributed by atoms with Crippen LogP contribution in [0, 0.1) is 6.92 Å². The lowest BCUT2D eigenvalue weighted by Crippen LogP contribution is -2.27. The van der Waals surface area contributed by atoms with E-state index in [1.807, 2.05) is 6.07 Å². The monoisotopic (exact) mass is 476 g/mol. The van der Waals surface area contributed by atoms with E-state index in [4.69, 9.17) is 14.2 Å². The summed E-state index contributed by atoms with van der Waals surface area (Å²) in [4.78, 5) is 22.0. The Morgan fingerprint density at radius 3 is 2.58 bits per heavy atom. The molecule has 2 N–H and O–H groups in total. The summed E-state index contributed by atoms with van der Waals surface area (Å²) in [6, 6.07) is 8.29. The number of nitrogens with one attached hydrogen (secondary N) is 2. The van der Waals surface area contributed by atoms with E-state index in [1.54, 1.807) is 37.1 Å². The molecule has 0 aliphatic carbocycles. The zero-order valence-corrected chi connectivity index (χ0v) is 20.1. The molecular formula is C22H28N4O6S. The number of nitrogens with zero attached hydrogens (tertiary/aromatic N) is 2. The Labute approximate surface area is 192 Å². The quantitative estimate of drug-likeness (QED) is 0.425. The van der Waals surface area contributed by atoms with E-state index in [0.717, 1.165) is 5.56 Å². The lowest BCUT2D eigenvalue weighted by Gasteiger charge is -2.19. The molecule has 2 aromatic carbocycles. The minimum atomic E-state index is -3.66. The van der Waals surface area contributed by atoms with Crippen LogP contribution in [0.25, 0.3) is 10.9 Å². The number of methoxy groups -OCH3 is 3. The predicted molar refractivity (Wildman–Crippen MR) is 126 cm³/mol. The second kappa shape index (κ2) is 10.2. The molecule has 0 unspecified atom stereocenters. The van der Waals surface area contributed by atoms with Gasteiger partial charge in [0.05, 0.1) is 36.6 Å². The van der Waals surface area contributed by atoms with Gasteiger partial charge in [0.2, 0.25) is 16.0 Å². The van der Waals surface area contributed by atoms with E-state index in [1.165, 1.54) is 27.4 Å². The van der Waals surface area contributed by atoms with Crippen LogP contribution >= 0.6 is 0 Å². The van der Waals surface area contributed by atoms with Gasteiger partial charge < -0.3 is 24.1 Å². The van der Waals surface area contributed by atoms with Gasteiger partial charge >= 0.3 is 0 Å². The summed E-state index contributed by atoms with van der Waals surface area (Å²) in [6.45, 7) is 2.55. The van der Waals surface area contributed by atoms with Crippen molar-refractivity contribution in [2.45, 2.75) is 18.4 Å². The van der Waals surface area contributed by atoms with E-state index in [2.05, 4.69) is 14.7 Å². The number of aryl methyl sites for hydroxylation is 1. The molecule has 3 rings (SSSR count). The third-order valence-electron chi connectivity index (χ3n) is 5.16. The highest BCUT2D eigenvalue weighted by Crippen LogP contribution is 2.35. The molecule has 0 aliphatic rings. The molecule has 1 aromatic heterocycles. The SMILES string of the molecule is COCCNS(=O)(=O)c1cccc(CN(C)c2nc(=O)c3c(C)c(OC)c(OC)cc3[nH]2)c1. The highest BCUT2D eigenvalue weighted by molar-refractivity contribution is 7.89. The fourth-order valence-electron chi connectivity index (χ4n) is 3.55. The molecule has 0 aliphatic heterocycles. The first-order valence-corrected chi connectivity index (χ1v) is 11.6. The van der Waals surface area contributed by atoms with Gasteiger partial charge in [-0.15, -0.1) is 0 Å². The third kappa shape index (κ3) is 5.27. The Bertz CT molecular complexity index is 1310. The van der Waals surface area contributed by atoms with Crippen molar-refractivity contribution in [1.82, 2.24) is 14.7 Å². The summed E-state index contributed by atoms with van der Waals surface area (Å²) < 4.78 is 43.1. The Morgan fingerprint density at radius 2 is 1.91 bits per heavy atom. The maximum atomic E-state index is 12.8. The molecule has 33 heavy (non-hydrogen) atoms. The third-order valence-corrected chi connectivity index (χ3v) is 6.62. The zero-order chi connectivity index (χ0) is 24.2. The molecule has 178 valence electrons. The Morgan fingerprint density at radius 1 is 1.15 bits per heavy atom. The molecule has 1 heterocycles. The lowest BCUT2D eigenvalue weighted by molar-refractivity contribution is 0.204. The van der Waals surface area contributed by atoms with E-state index < -0.39 is 15.6 Å². The zero-order valence-electron chi connectivity index (χ0n) is 19.3. The van der Waals surface area contributed by atoms with Crippen molar-refractivity contribution in [3.63, 3.8) is 0 Å². The molecular weight excluding hydrogens is 448 g/mol. The summed E-state index contributed by atoms with van der Waals surface area (Å²) >= 11 is 0. The summed E-state index contributed by atoms with van der Waals surface area (Å²) in [7, 11) is 2.65. The van der Waals surface area contributed by atoms with Crippen LogP contribution in [0.2, 0.25) is 0 Å². The van der Waals surface area contributed by atoms with Crippen molar-refractivity contribution in [2.24, 2.45) is 0 Å². The molecule has 0 saturated carbocycles. The van der Waals surface area contributed by atoms with Crippen molar-refractivity contribution in [3.8, 4) is 11.5 Å². The van der Waals surface area contributed by atoms with Crippen LogP contribution in [-0.4, -0.2) is 59.9 Å². The number of anilines is 1. The fraction of sp³-hybridized carbons (Fsp3) is 0.364. The maximum absolute atomic E-state index is 12.8. The van der Waals surface area contributed by atoms with Crippen LogP contribution in [-0.2, 0) is 21.3 Å². The summed E-state index contributed by atoms with van der Waals surface area (Å²) in [5, 5.41) is 0.417. The molecule has 3 aromatic rings. The number of hydrogen-bond acceptors (Lipinski definition) is 8. The van der Waals surface area contributed by atoms with Gasteiger partial charge in [-0.1, -0.05) is 12.1 Å². The van der Waals surface area contributed by atoms with Crippen LogP contribution in [0.1, 0.15) is 11.1 Å². The number of ether oxygens (including phenoxy) is 3. The topological polar surface area (TPSA) is 123 Å². The highest BCUT2D eigenvalue weighted by atomic mass is 32.2. The van der Waals surface area contributed by atoms with Crippen LogP contribution in [0.5, 0.6) is 11.5 Å². The normalized spacial score (nSPS) is 11.5. The van der Waals surface area contributed by atoms with Crippen molar-refractivity contribution < 1.29 is 22.6 Å². The van der Waals surface area contributed by atoms with Gasteiger partial charge in [-0.3, -0.25) is 4.79 Å². The molecule has 0 spiro atoms. The minimum absolute atomic E-state index is 0.150. The van der Waals surface area contributed by atoms with Crippen molar-refractivity contribution in [1.29, 1.82) is 0 Å². The summed E-state index contributed by atoms with van der Waals surface area (Å²) in [6.07, 6.45) is 0. The van der Waals surface area contributed by atoms with Gasteiger partial charge in [-0.25, -0.2) is 13.1 Å². The molecule has 0 radical (unpaired) electrons. The largest absolute Gasteiger partial charge is 0.493 e. The van der Waals surface area contributed by atoms with E-state index in [9.17, 15) is 13.2 Å². The summed E-state index contributed by atoms with van der Waals surface area (Å²) in [5.41, 5.74) is 1.53. The molecule has 11 heteroatoms. The van der Waals surface area contributed by atoms with Gasteiger partial charge in [-0.2, -0.15) is 4.98 Å². The maximum Gasteiger partial charge on any atom is 0.282 e. The number of aromatic nitrogens is 2. The van der Waals surface area contributed by atoms with Gasteiger partial charge in [-0.05, 0) is 24.6 Å². The van der Waals surface area contributed by atoms with Crippen LogP contribution in [0.4, 0.5) is 5.95 Å². The molecule has 0 bridgehead atoms. The van der Waals surface area contributed by atoms with Gasteiger partial charge in [0, 0.05) is 38.9 Å². The molecule has 0 atom stereocenters. The molecule has 0 fully saturated rings. The Hall–Kier alpha value is -3.15. The fourth-order valence-corrected chi connectivity index (χ4v) is 4.63. The first-order chi connectivity index (χ1) is 15.7. The lowest BCUT2D eigenvalue weighted by atomic mass is 10.1. The second-order valence-electron chi connectivity index (χ2n) is 7.42. The number of fused-ring (bicyclic) bond motifs is 1. The van der Waals surface area contributed by atoms with Crippen LogP contribution in [0.3, 0.4) is 0 Å². The standard InChI is InChI=1S/C22H28N4O6S/c1-14-19-17(12-18(31-4)20(14)32-5)24-22(25-21(19)27)26(2)13-15-7-6-8-16(11-15)33(28,29)23-9-10-30-3/h6-8,11-12,23H,9-10,13H2,1-5H3,(H,24,25,27). The first kappa shape index (κ1) is 24.5. The van der Waals surface area contributed by atoms with E-state index in [-0.39, 0.29) is 18.0 Å². The second-order valence-corrected chi connectivity index (χ2v) is 9.19. The van der Waals surface area contributed by atoms with Gasteiger partial charge in [0.1, 0.15) is 0 Å². The predicted octanol–water partition coefficient (Wildman–Crippen LogP) is 1.81. The number of hydrogen-bond donors (Lipinski definition) is 2. The number of benzene rings is 2. The average molecular weight is 477 g/mol. The van der Waals surface area contributed by atoms with E-state index >= 15 is 0 Å².